The molecule has 0 spiro atoms. The molecule has 2 nitrogen and oxygen atoms in total. The Balaban J connectivity index is 0.000000227. The first kappa shape index (κ1) is 49.9. The van der Waals surface area contributed by atoms with Crippen LogP contribution in [0.4, 0.5) is 0 Å². The normalized spacial score (nSPS) is 24.9. The van der Waals surface area contributed by atoms with Crippen LogP contribution in [0.15, 0.2) is 91.0 Å². The van der Waals surface area contributed by atoms with Gasteiger partial charge in [-0.05, 0) is 200 Å². The molecule has 8 rings (SSSR count). The summed E-state index contributed by atoms with van der Waals surface area (Å²) < 4.78 is 10.7. The fraction of sp³-hybridized carbons (Fsp3) is 0.542. The molecular formula is C59H81O2Pd-. The fourth-order valence-electron chi connectivity index (χ4n) is 12.2. The van der Waals surface area contributed by atoms with Crippen molar-refractivity contribution in [2.45, 2.75) is 156 Å². The Bertz CT molecular complexity index is 1940. The molecule has 0 radical (unpaired) electrons. The van der Waals surface area contributed by atoms with Crippen molar-refractivity contribution in [1.82, 2.24) is 0 Å². The smallest absolute Gasteiger partial charge is 0.119 e. The van der Waals surface area contributed by atoms with Crippen molar-refractivity contribution >= 4 is 5.57 Å². The zero-order chi connectivity index (χ0) is 41.8. The standard InChI is InChI=1S/C29H40O.C29H38O.CH3.Pd/c2*1-4-5-22-6-8-23(9-7-22)24-10-12-25(13-11-24)26-14-16-27(17-15-26)29-19-18-28(30-3)20-21(29)2;;/h14-20,22-25H,4-13H2,1-3H3;12,14-20,22-24H,4-11,13H2,1-3H3;1H3;/q;;-1;. The summed E-state index contributed by atoms with van der Waals surface area (Å²) in [5.74, 6) is 8.63. The number of benzene rings is 4. The topological polar surface area (TPSA) is 18.5 Å². The maximum Gasteiger partial charge on any atom is 0.119 e. The first-order chi connectivity index (χ1) is 29.3. The Kier molecular flexibility index (Phi) is 20.0. The maximum atomic E-state index is 5.35. The average molecular weight is 929 g/mol. The van der Waals surface area contributed by atoms with Gasteiger partial charge in [0.2, 0.25) is 0 Å². The zero-order valence-electron chi connectivity index (χ0n) is 39.8. The molecule has 0 aromatic heterocycles. The molecule has 62 heavy (non-hydrogen) atoms. The van der Waals surface area contributed by atoms with E-state index in [0.717, 1.165) is 52.9 Å². The van der Waals surface area contributed by atoms with Crippen LogP contribution in [0.3, 0.4) is 0 Å². The van der Waals surface area contributed by atoms with Gasteiger partial charge < -0.3 is 16.9 Å². The molecule has 1 atom stereocenters. The second-order valence-corrected chi connectivity index (χ2v) is 19.6. The number of hydrogen-bond donors (Lipinski definition) is 0. The Morgan fingerprint density at radius 1 is 0.484 bits per heavy atom. The molecule has 340 valence electrons. The Hall–Kier alpha value is -3.12. The molecule has 0 bridgehead atoms. The summed E-state index contributed by atoms with van der Waals surface area (Å²) in [6.45, 7) is 9.01. The molecular weight excluding hydrogens is 847 g/mol. The molecule has 4 aliphatic carbocycles. The molecule has 0 aliphatic heterocycles. The van der Waals surface area contributed by atoms with Crippen molar-refractivity contribution in [2.75, 3.05) is 14.2 Å². The van der Waals surface area contributed by atoms with Gasteiger partial charge in [-0.3, -0.25) is 0 Å². The average Bonchev–Trinajstić information content (AvgIpc) is 3.30. The third-order valence-corrected chi connectivity index (χ3v) is 15.9. The second-order valence-electron chi connectivity index (χ2n) is 19.6. The molecule has 0 N–H and O–H groups in total. The predicted molar refractivity (Wildman–Crippen MR) is 263 cm³/mol. The first-order valence-corrected chi connectivity index (χ1v) is 24.5. The third kappa shape index (κ3) is 13.0. The van der Waals surface area contributed by atoms with Crippen molar-refractivity contribution in [3.8, 4) is 33.8 Å². The molecule has 0 amide bonds. The summed E-state index contributed by atoms with van der Waals surface area (Å²) in [5, 5.41) is 0. The SMILES string of the molecule is CCCC1CCC(C2CC=C(c3ccc(-c4ccc(OC)cc4C)cc3)CC2)CC1.CCCC1CCC(C2CCC(c3ccc(-c4ccc(OC)cc4C)cc3)CC2)CC1.[CH3-].[Pd]. The van der Waals surface area contributed by atoms with Crippen molar-refractivity contribution < 1.29 is 29.9 Å². The van der Waals surface area contributed by atoms with Crippen molar-refractivity contribution in [3.63, 3.8) is 0 Å². The van der Waals surface area contributed by atoms with Gasteiger partial charge in [-0.1, -0.05) is 132 Å². The van der Waals surface area contributed by atoms with Gasteiger partial charge in [0.25, 0.3) is 0 Å². The molecule has 3 saturated carbocycles. The summed E-state index contributed by atoms with van der Waals surface area (Å²) in [6, 6.07) is 31.3. The number of aryl methyl sites for hydroxylation is 2. The van der Waals surface area contributed by atoms with Crippen LogP contribution in [0, 0.1) is 56.8 Å². The largest absolute Gasteiger partial charge is 0.497 e. The van der Waals surface area contributed by atoms with Gasteiger partial charge in [-0.15, -0.1) is 0 Å². The first-order valence-electron chi connectivity index (χ1n) is 24.5. The zero-order valence-corrected chi connectivity index (χ0v) is 41.3. The van der Waals surface area contributed by atoms with Gasteiger partial charge in [0.1, 0.15) is 11.5 Å². The quantitative estimate of drug-likeness (QED) is 0.104. The van der Waals surface area contributed by atoms with Crippen molar-refractivity contribution in [3.05, 3.63) is 121 Å². The molecule has 0 heterocycles. The van der Waals surface area contributed by atoms with Crippen LogP contribution in [0.5, 0.6) is 11.5 Å². The Morgan fingerprint density at radius 3 is 1.31 bits per heavy atom. The summed E-state index contributed by atoms with van der Waals surface area (Å²) in [4.78, 5) is 0. The summed E-state index contributed by atoms with van der Waals surface area (Å²) in [7, 11) is 3.46. The number of methoxy groups -OCH3 is 2. The van der Waals surface area contributed by atoms with E-state index in [2.05, 4.69) is 119 Å². The van der Waals surface area contributed by atoms with E-state index in [0.29, 0.717) is 0 Å². The molecule has 4 aromatic carbocycles. The molecule has 1 unspecified atom stereocenters. The molecule has 3 fully saturated rings. The third-order valence-electron chi connectivity index (χ3n) is 15.9. The number of allylic oxidation sites excluding steroid dienone is 2. The van der Waals surface area contributed by atoms with Crippen molar-refractivity contribution in [2.24, 2.45) is 35.5 Å². The van der Waals surface area contributed by atoms with Gasteiger partial charge in [0.15, 0.2) is 0 Å². The van der Waals surface area contributed by atoms with E-state index in [9.17, 15) is 0 Å². The van der Waals surface area contributed by atoms with Crippen LogP contribution in [-0.2, 0) is 20.4 Å². The van der Waals surface area contributed by atoms with Gasteiger partial charge >= 0.3 is 0 Å². The van der Waals surface area contributed by atoms with E-state index in [4.69, 9.17) is 9.47 Å². The number of hydrogen-bond acceptors (Lipinski definition) is 2. The van der Waals surface area contributed by atoms with E-state index in [-0.39, 0.29) is 27.8 Å². The summed E-state index contributed by atoms with van der Waals surface area (Å²) in [6.07, 6.45) is 29.8. The van der Waals surface area contributed by atoms with Gasteiger partial charge in [0, 0.05) is 20.4 Å². The van der Waals surface area contributed by atoms with E-state index in [1.54, 1.807) is 25.4 Å². The van der Waals surface area contributed by atoms with Crippen LogP contribution in [0.25, 0.3) is 27.8 Å². The van der Waals surface area contributed by atoms with Crippen LogP contribution in [0.1, 0.15) is 164 Å². The summed E-state index contributed by atoms with van der Waals surface area (Å²) in [5.41, 5.74) is 12.3. The van der Waals surface area contributed by atoms with Gasteiger partial charge in [0.05, 0.1) is 14.2 Å². The summed E-state index contributed by atoms with van der Waals surface area (Å²) >= 11 is 0. The number of ether oxygens (including phenoxy) is 2. The maximum absolute atomic E-state index is 5.35. The van der Waals surface area contributed by atoms with Gasteiger partial charge in [-0.25, -0.2) is 0 Å². The van der Waals surface area contributed by atoms with Crippen LogP contribution in [-0.4, -0.2) is 14.2 Å². The fourth-order valence-corrected chi connectivity index (χ4v) is 12.2. The predicted octanol–water partition coefficient (Wildman–Crippen LogP) is 17.5. The van der Waals surface area contributed by atoms with Gasteiger partial charge in [-0.2, -0.15) is 0 Å². The van der Waals surface area contributed by atoms with Crippen LogP contribution in [0.2, 0.25) is 0 Å². The minimum absolute atomic E-state index is 0. The van der Waals surface area contributed by atoms with E-state index >= 15 is 0 Å². The van der Waals surface area contributed by atoms with E-state index in [1.807, 2.05) is 0 Å². The van der Waals surface area contributed by atoms with Crippen molar-refractivity contribution in [1.29, 1.82) is 0 Å². The second kappa shape index (κ2) is 24.8. The van der Waals surface area contributed by atoms with E-state index in [1.165, 1.54) is 161 Å². The van der Waals surface area contributed by atoms with Crippen LogP contribution >= 0.6 is 0 Å². The number of rotatable bonds is 12. The Labute approximate surface area is 393 Å². The molecule has 3 heteroatoms. The van der Waals surface area contributed by atoms with E-state index < -0.39 is 0 Å². The van der Waals surface area contributed by atoms with Crippen LogP contribution < -0.4 is 9.47 Å². The minimum atomic E-state index is 0. The molecule has 4 aliphatic rings. The monoisotopic (exact) mass is 928 g/mol. The Morgan fingerprint density at radius 2 is 0.903 bits per heavy atom. The molecule has 4 aromatic rings. The molecule has 0 saturated heterocycles. The minimum Gasteiger partial charge on any atom is -0.497 e.